The van der Waals surface area contributed by atoms with Crippen LogP contribution in [0.2, 0.25) is 10.0 Å². The van der Waals surface area contributed by atoms with Gasteiger partial charge < -0.3 is 24.4 Å². The highest BCUT2D eigenvalue weighted by Crippen LogP contribution is 2.37. The van der Waals surface area contributed by atoms with Crippen LogP contribution in [-0.4, -0.2) is 46.1 Å². The monoisotopic (exact) mass is 440 g/mol. The van der Waals surface area contributed by atoms with Gasteiger partial charge in [0.15, 0.2) is 11.5 Å². The molecule has 0 fully saturated rings. The molecule has 0 aliphatic rings. The zero-order valence-electron chi connectivity index (χ0n) is 16.3. The highest BCUT2D eigenvalue weighted by atomic mass is 35.5. The first-order chi connectivity index (χ1) is 14.0. The number of likely N-dealkylation sites (N-methyl/N-ethyl adjacent to an activating group) is 1. The van der Waals surface area contributed by atoms with Crippen molar-refractivity contribution in [3.05, 3.63) is 57.6 Å². The minimum absolute atomic E-state index is 0.146. The second kappa shape index (κ2) is 11.5. The van der Waals surface area contributed by atoms with Crippen molar-refractivity contribution in [1.29, 1.82) is 0 Å². The molecule has 0 atom stereocenters. The second-order valence-corrected chi connectivity index (χ2v) is 6.52. The molecule has 29 heavy (non-hydrogen) atoms. The lowest BCUT2D eigenvalue weighted by molar-refractivity contribution is -0.114. The third kappa shape index (κ3) is 6.25. The number of hydrogen-bond acceptors (Lipinski definition) is 6. The summed E-state index contributed by atoms with van der Waals surface area (Å²) in [6, 6.07) is 10.4. The fraction of sp³-hybridized carbons (Fsp3) is 0.300. The quantitative estimate of drug-likeness (QED) is 0.346. The number of nitrogens with one attached hydrogen (secondary N) is 1. The van der Waals surface area contributed by atoms with Crippen LogP contribution >= 0.6 is 23.2 Å². The van der Waals surface area contributed by atoms with Crippen LogP contribution in [0.4, 0.5) is 0 Å². The lowest BCUT2D eigenvalue weighted by atomic mass is 10.0. The highest BCUT2D eigenvalue weighted by Gasteiger charge is 2.18. The molecule has 9 heteroatoms. The first-order valence-corrected chi connectivity index (χ1v) is 9.42. The molecule has 2 rings (SSSR count). The number of amides is 1. The SMILES string of the molecule is CNC(=O)/C(=N/OC)c1ccccc1COc1cc(Cl)c(OCCOC)c(Cl)c1. The Morgan fingerprint density at radius 3 is 2.38 bits per heavy atom. The summed E-state index contributed by atoms with van der Waals surface area (Å²) in [5.41, 5.74) is 1.47. The van der Waals surface area contributed by atoms with Crippen LogP contribution in [0.3, 0.4) is 0 Å². The maximum Gasteiger partial charge on any atom is 0.273 e. The Hall–Kier alpha value is -2.48. The standard InChI is InChI=1S/C20H22Cl2N2O5/c1-23-20(25)18(24-27-3)15-7-5-4-6-13(15)12-29-14-10-16(21)19(17(22)11-14)28-9-8-26-2/h4-7,10-11H,8-9,12H2,1-3H3,(H,23,25)/b24-18+. The number of rotatable bonds is 10. The van der Waals surface area contributed by atoms with E-state index in [0.717, 1.165) is 5.56 Å². The summed E-state index contributed by atoms with van der Waals surface area (Å²) in [5, 5.41) is 7.03. The van der Waals surface area contributed by atoms with Crippen molar-refractivity contribution in [3.63, 3.8) is 0 Å². The van der Waals surface area contributed by atoms with Gasteiger partial charge in [-0.2, -0.15) is 0 Å². The highest BCUT2D eigenvalue weighted by molar-refractivity contribution is 6.45. The van der Waals surface area contributed by atoms with Crippen molar-refractivity contribution < 1.29 is 23.8 Å². The summed E-state index contributed by atoms with van der Waals surface area (Å²) >= 11 is 12.5. The third-order valence-corrected chi connectivity index (χ3v) is 4.36. The van der Waals surface area contributed by atoms with Gasteiger partial charge in [0, 0.05) is 31.9 Å². The van der Waals surface area contributed by atoms with Crippen LogP contribution in [-0.2, 0) is 21.0 Å². The summed E-state index contributed by atoms with van der Waals surface area (Å²) in [7, 11) is 4.48. The predicted octanol–water partition coefficient (Wildman–Crippen LogP) is 3.69. The summed E-state index contributed by atoms with van der Waals surface area (Å²) in [5.74, 6) is 0.453. The summed E-state index contributed by atoms with van der Waals surface area (Å²) in [6.07, 6.45) is 0. The minimum Gasteiger partial charge on any atom is -0.489 e. The average Bonchev–Trinajstić information content (AvgIpc) is 2.72. The van der Waals surface area contributed by atoms with Gasteiger partial charge in [-0.1, -0.05) is 52.6 Å². The topological polar surface area (TPSA) is 78.4 Å². The van der Waals surface area contributed by atoms with E-state index in [4.69, 9.17) is 42.3 Å². The molecule has 0 saturated carbocycles. The Kier molecular flexibility index (Phi) is 9.05. The van der Waals surface area contributed by atoms with Gasteiger partial charge in [0.25, 0.3) is 5.91 Å². The molecule has 2 aromatic rings. The van der Waals surface area contributed by atoms with E-state index in [1.165, 1.54) is 14.2 Å². The van der Waals surface area contributed by atoms with Crippen LogP contribution in [0.1, 0.15) is 11.1 Å². The first kappa shape index (κ1) is 22.8. The fourth-order valence-corrected chi connectivity index (χ4v) is 3.02. The number of halogens is 2. The second-order valence-electron chi connectivity index (χ2n) is 5.70. The Morgan fingerprint density at radius 2 is 1.76 bits per heavy atom. The molecule has 0 saturated heterocycles. The Bertz CT molecular complexity index is 851. The van der Waals surface area contributed by atoms with Crippen molar-refractivity contribution in [3.8, 4) is 11.5 Å². The molecule has 0 spiro atoms. The maximum atomic E-state index is 12.1. The number of benzene rings is 2. The van der Waals surface area contributed by atoms with E-state index in [1.54, 1.807) is 31.4 Å². The van der Waals surface area contributed by atoms with Crippen LogP contribution in [0, 0.1) is 0 Å². The number of nitrogens with zero attached hydrogens (tertiary/aromatic N) is 1. The van der Waals surface area contributed by atoms with Crippen molar-refractivity contribution in [1.82, 2.24) is 5.32 Å². The normalized spacial score (nSPS) is 11.1. The van der Waals surface area contributed by atoms with Gasteiger partial charge >= 0.3 is 0 Å². The molecule has 7 nitrogen and oxygen atoms in total. The summed E-state index contributed by atoms with van der Waals surface area (Å²) < 4.78 is 16.3. The van der Waals surface area contributed by atoms with Crippen molar-refractivity contribution in [2.24, 2.45) is 5.16 Å². The summed E-state index contributed by atoms with van der Waals surface area (Å²) in [6.45, 7) is 0.898. The third-order valence-electron chi connectivity index (χ3n) is 3.80. The maximum absolute atomic E-state index is 12.1. The van der Waals surface area contributed by atoms with Crippen molar-refractivity contribution in [2.45, 2.75) is 6.61 Å². The van der Waals surface area contributed by atoms with E-state index in [1.807, 2.05) is 12.1 Å². The van der Waals surface area contributed by atoms with Gasteiger partial charge in [-0.3, -0.25) is 4.79 Å². The van der Waals surface area contributed by atoms with E-state index in [-0.39, 0.29) is 18.2 Å². The fourth-order valence-electron chi connectivity index (χ4n) is 2.45. The van der Waals surface area contributed by atoms with E-state index in [2.05, 4.69) is 10.5 Å². The Morgan fingerprint density at radius 1 is 1.07 bits per heavy atom. The number of methoxy groups -OCH3 is 1. The number of oxime groups is 1. The smallest absolute Gasteiger partial charge is 0.273 e. The van der Waals surface area contributed by atoms with Crippen molar-refractivity contribution >= 4 is 34.8 Å². The molecule has 0 bridgehead atoms. The van der Waals surface area contributed by atoms with Crippen LogP contribution in [0.5, 0.6) is 11.5 Å². The lowest BCUT2D eigenvalue weighted by Crippen LogP contribution is -2.29. The number of carbonyl (C=O) groups excluding carboxylic acids is 1. The molecular weight excluding hydrogens is 419 g/mol. The number of hydrogen-bond donors (Lipinski definition) is 1. The van der Waals surface area contributed by atoms with E-state index in [9.17, 15) is 4.79 Å². The molecule has 0 radical (unpaired) electrons. The zero-order chi connectivity index (χ0) is 21.2. The van der Waals surface area contributed by atoms with Crippen LogP contribution < -0.4 is 14.8 Å². The van der Waals surface area contributed by atoms with Crippen LogP contribution in [0.25, 0.3) is 0 Å². The van der Waals surface area contributed by atoms with Gasteiger partial charge in [0.2, 0.25) is 0 Å². The molecule has 0 unspecified atom stereocenters. The minimum atomic E-state index is -0.372. The van der Waals surface area contributed by atoms with E-state index >= 15 is 0 Å². The molecular formula is C20H22Cl2N2O5. The molecule has 0 aromatic heterocycles. The molecule has 2 aromatic carbocycles. The van der Waals surface area contributed by atoms with Crippen molar-refractivity contribution in [2.75, 3.05) is 34.5 Å². The molecule has 1 N–H and O–H groups in total. The van der Waals surface area contributed by atoms with E-state index in [0.29, 0.717) is 40.3 Å². The number of carbonyl (C=O) groups is 1. The molecule has 156 valence electrons. The van der Waals surface area contributed by atoms with Gasteiger partial charge in [-0.25, -0.2) is 0 Å². The molecule has 0 heterocycles. The lowest BCUT2D eigenvalue weighted by Gasteiger charge is -2.14. The molecule has 0 aliphatic carbocycles. The zero-order valence-corrected chi connectivity index (χ0v) is 17.8. The van der Waals surface area contributed by atoms with Gasteiger partial charge in [-0.15, -0.1) is 0 Å². The van der Waals surface area contributed by atoms with Gasteiger partial charge in [0.05, 0.1) is 16.7 Å². The van der Waals surface area contributed by atoms with E-state index < -0.39 is 0 Å². The predicted molar refractivity (Wildman–Crippen MR) is 112 cm³/mol. The van der Waals surface area contributed by atoms with Gasteiger partial charge in [0.1, 0.15) is 26.1 Å². The summed E-state index contributed by atoms with van der Waals surface area (Å²) in [4.78, 5) is 17.0. The Balaban J connectivity index is 2.20. The molecule has 1 amide bonds. The average molecular weight is 441 g/mol. The largest absolute Gasteiger partial charge is 0.489 e. The van der Waals surface area contributed by atoms with Gasteiger partial charge in [-0.05, 0) is 5.56 Å². The Labute approximate surface area is 179 Å². The molecule has 0 aliphatic heterocycles. The number of ether oxygens (including phenoxy) is 3. The van der Waals surface area contributed by atoms with Crippen LogP contribution in [0.15, 0.2) is 41.6 Å². The first-order valence-electron chi connectivity index (χ1n) is 8.66.